The Kier molecular flexibility index (Phi) is 6.74. The summed E-state index contributed by atoms with van der Waals surface area (Å²) in [4.78, 5) is 12.9. The lowest BCUT2D eigenvalue weighted by Gasteiger charge is -2.25. The molecule has 0 radical (unpaired) electrons. The molecule has 0 aliphatic carbocycles. The first kappa shape index (κ1) is 21.4. The van der Waals surface area contributed by atoms with Crippen LogP contribution < -0.4 is 14.4 Å². The van der Waals surface area contributed by atoms with Crippen LogP contribution in [0.25, 0.3) is 0 Å². The van der Waals surface area contributed by atoms with Crippen molar-refractivity contribution in [2.24, 2.45) is 0 Å². The average molecular weight is 425 g/mol. The molecule has 0 fully saturated rings. The molecule has 1 atom stereocenters. The zero-order valence-corrected chi connectivity index (χ0v) is 17.7. The zero-order valence-electron chi connectivity index (χ0n) is 16.9. The molecule has 0 aliphatic heterocycles. The molecule has 0 aromatic heterocycles. The van der Waals surface area contributed by atoms with Gasteiger partial charge in [0.15, 0.2) is 0 Å². The summed E-state index contributed by atoms with van der Waals surface area (Å²) in [5, 5.41) is 2.87. The average Bonchev–Trinajstić information content (AvgIpc) is 2.78. The molecule has 0 unspecified atom stereocenters. The normalized spacial score (nSPS) is 12.1. The van der Waals surface area contributed by atoms with E-state index in [9.17, 15) is 13.2 Å². The van der Waals surface area contributed by atoms with Gasteiger partial charge in [0.25, 0.3) is 10.0 Å². The fraction of sp³-hybridized carbons (Fsp3) is 0.174. The maximum Gasteiger partial charge on any atom is 0.264 e. The number of carbonyl (C=O) groups is 1. The molecule has 1 N–H and O–H groups in total. The van der Waals surface area contributed by atoms with Crippen molar-refractivity contribution in [1.82, 2.24) is 5.32 Å². The molecule has 7 heteroatoms. The van der Waals surface area contributed by atoms with E-state index in [1.54, 1.807) is 42.5 Å². The van der Waals surface area contributed by atoms with Crippen LogP contribution in [0, 0.1) is 0 Å². The lowest BCUT2D eigenvalue weighted by atomic mass is 10.1. The van der Waals surface area contributed by atoms with E-state index in [1.807, 2.05) is 37.3 Å². The first-order valence-electron chi connectivity index (χ1n) is 9.48. The maximum atomic E-state index is 13.3. The second-order valence-corrected chi connectivity index (χ2v) is 8.59. The van der Waals surface area contributed by atoms with Crippen molar-refractivity contribution in [2.45, 2.75) is 17.9 Å². The first-order chi connectivity index (χ1) is 14.4. The van der Waals surface area contributed by atoms with Gasteiger partial charge < -0.3 is 10.1 Å². The van der Waals surface area contributed by atoms with Crippen LogP contribution in [-0.4, -0.2) is 28.0 Å². The van der Waals surface area contributed by atoms with E-state index in [0.29, 0.717) is 11.4 Å². The predicted octanol–water partition coefficient (Wildman–Crippen LogP) is 3.77. The van der Waals surface area contributed by atoms with E-state index in [2.05, 4.69) is 5.32 Å². The van der Waals surface area contributed by atoms with E-state index in [1.165, 1.54) is 19.2 Å². The van der Waals surface area contributed by atoms with Crippen molar-refractivity contribution in [2.75, 3.05) is 18.0 Å². The Balaban J connectivity index is 1.90. The van der Waals surface area contributed by atoms with Gasteiger partial charge in [-0.3, -0.25) is 9.10 Å². The second kappa shape index (κ2) is 9.45. The Hall–Kier alpha value is -3.32. The smallest absolute Gasteiger partial charge is 0.264 e. The molecule has 0 spiro atoms. The molecule has 3 rings (SSSR count). The minimum Gasteiger partial charge on any atom is -0.497 e. The van der Waals surface area contributed by atoms with Crippen molar-refractivity contribution in [3.05, 3.63) is 90.5 Å². The number of amides is 1. The predicted molar refractivity (Wildman–Crippen MR) is 117 cm³/mol. The van der Waals surface area contributed by atoms with Gasteiger partial charge in [-0.25, -0.2) is 8.42 Å². The molecule has 0 saturated heterocycles. The quantitative estimate of drug-likeness (QED) is 0.597. The number of ether oxygens (including phenoxy) is 1. The number of rotatable bonds is 8. The number of carbonyl (C=O) groups excluding carboxylic acids is 1. The van der Waals surface area contributed by atoms with E-state index in [-0.39, 0.29) is 17.5 Å². The highest BCUT2D eigenvalue weighted by molar-refractivity contribution is 7.92. The Morgan fingerprint density at radius 2 is 1.60 bits per heavy atom. The molecule has 0 aliphatic rings. The summed E-state index contributed by atoms with van der Waals surface area (Å²) in [6.45, 7) is 1.50. The topological polar surface area (TPSA) is 75.7 Å². The second-order valence-electron chi connectivity index (χ2n) is 6.73. The van der Waals surface area contributed by atoms with Gasteiger partial charge in [0.05, 0.1) is 23.7 Å². The first-order valence-corrected chi connectivity index (χ1v) is 10.9. The van der Waals surface area contributed by atoms with E-state index < -0.39 is 15.9 Å². The van der Waals surface area contributed by atoms with Crippen molar-refractivity contribution in [3.8, 4) is 5.75 Å². The van der Waals surface area contributed by atoms with Crippen LogP contribution >= 0.6 is 0 Å². The van der Waals surface area contributed by atoms with E-state index in [4.69, 9.17) is 4.74 Å². The highest BCUT2D eigenvalue weighted by Gasteiger charge is 2.27. The summed E-state index contributed by atoms with van der Waals surface area (Å²) in [6.07, 6.45) is 0. The SMILES string of the molecule is COc1cccc(N(CC(=O)N[C@H](C)c2ccccc2)S(=O)(=O)c2ccccc2)c1. The molecule has 0 saturated carbocycles. The van der Waals surface area contributed by atoms with Crippen LogP contribution in [0.15, 0.2) is 89.8 Å². The Labute approximate surface area is 177 Å². The van der Waals surface area contributed by atoms with Crippen molar-refractivity contribution in [3.63, 3.8) is 0 Å². The summed E-state index contributed by atoms with van der Waals surface area (Å²) in [5.74, 6) is 0.0903. The van der Waals surface area contributed by atoms with E-state index >= 15 is 0 Å². The van der Waals surface area contributed by atoms with Crippen LogP contribution in [0.1, 0.15) is 18.5 Å². The number of nitrogens with one attached hydrogen (secondary N) is 1. The van der Waals surface area contributed by atoms with Gasteiger partial charge in [-0.05, 0) is 36.8 Å². The van der Waals surface area contributed by atoms with Crippen molar-refractivity contribution >= 4 is 21.6 Å². The standard InChI is InChI=1S/C23H24N2O4S/c1-18(19-10-5-3-6-11-19)24-23(26)17-25(20-12-9-13-21(16-20)29-2)30(27,28)22-14-7-4-8-15-22/h3-16,18H,17H2,1-2H3,(H,24,26)/t18-/m1/s1. The van der Waals surface area contributed by atoms with Gasteiger partial charge in [-0.2, -0.15) is 0 Å². The fourth-order valence-corrected chi connectivity index (χ4v) is 4.48. The van der Waals surface area contributed by atoms with Gasteiger partial charge in [-0.15, -0.1) is 0 Å². The molecular weight excluding hydrogens is 400 g/mol. The number of nitrogens with zero attached hydrogens (tertiary/aromatic N) is 1. The third kappa shape index (κ3) is 4.99. The highest BCUT2D eigenvalue weighted by Crippen LogP contribution is 2.27. The lowest BCUT2D eigenvalue weighted by molar-refractivity contribution is -0.120. The number of methoxy groups -OCH3 is 1. The molecule has 6 nitrogen and oxygen atoms in total. The van der Waals surface area contributed by atoms with Gasteiger partial charge >= 0.3 is 0 Å². The maximum absolute atomic E-state index is 13.3. The summed E-state index contributed by atoms with van der Waals surface area (Å²) >= 11 is 0. The van der Waals surface area contributed by atoms with Crippen molar-refractivity contribution < 1.29 is 17.9 Å². The number of benzene rings is 3. The molecule has 1 amide bonds. The van der Waals surface area contributed by atoms with E-state index in [0.717, 1.165) is 9.87 Å². The summed E-state index contributed by atoms with van der Waals surface area (Å²) in [6, 6.07) is 23.9. The highest BCUT2D eigenvalue weighted by atomic mass is 32.2. The molecular formula is C23H24N2O4S. The third-order valence-corrected chi connectivity index (χ3v) is 6.42. The van der Waals surface area contributed by atoms with Gasteiger partial charge in [0.1, 0.15) is 12.3 Å². The largest absolute Gasteiger partial charge is 0.497 e. The monoisotopic (exact) mass is 424 g/mol. The molecule has 3 aromatic rings. The fourth-order valence-electron chi connectivity index (χ4n) is 3.04. The van der Waals surface area contributed by atoms with Crippen LogP contribution in [0.4, 0.5) is 5.69 Å². The molecule has 0 heterocycles. The molecule has 156 valence electrons. The molecule has 30 heavy (non-hydrogen) atoms. The minimum absolute atomic E-state index is 0.108. The van der Waals surface area contributed by atoms with Gasteiger partial charge in [0.2, 0.25) is 5.91 Å². The molecule has 3 aromatic carbocycles. The summed E-state index contributed by atoms with van der Waals surface area (Å²) < 4.78 is 33.0. The number of hydrogen-bond acceptors (Lipinski definition) is 4. The van der Waals surface area contributed by atoms with Crippen LogP contribution in [0.5, 0.6) is 5.75 Å². The summed E-state index contributed by atoms with van der Waals surface area (Å²) in [5.41, 5.74) is 1.28. The van der Waals surface area contributed by atoms with Crippen molar-refractivity contribution in [1.29, 1.82) is 0 Å². The zero-order chi connectivity index (χ0) is 21.6. The van der Waals surface area contributed by atoms with Crippen LogP contribution in [0.3, 0.4) is 0 Å². The number of anilines is 1. The number of hydrogen-bond donors (Lipinski definition) is 1. The molecule has 0 bridgehead atoms. The summed E-state index contributed by atoms with van der Waals surface area (Å²) in [7, 11) is -2.45. The minimum atomic E-state index is -3.96. The number of sulfonamides is 1. The third-order valence-electron chi connectivity index (χ3n) is 4.64. The van der Waals surface area contributed by atoms with Gasteiger partial charge in [0, 0.05) is 6.07 Å². The van der Waals surface area contributed by atoms with Gasteiger partial charge in [-0.1, -0.05) is 54.6 Å². The Morgan fingerprint density at radius 3 is 2.23 bits per heavy atom. The Bertz CT molecular complexity index is 1090. The lowest BCUT2D eigenvalue weighted by Crippen LogP contribution is -2.41. The van der Waals surface area contributed by atoms with Crippen LogP contribution in [-0.2, 0) is 14.8 Å². The Morgan fingerprint density at radius 1 is 0.967 bits per heavy atom. The van der Waals surface area contributed by atoms with Crippen LogP contribution in [0.2, 0.25) is 0 Å².